The van der Waals surface area contributed by atoms with Gasteiger partial charge in [0.25, 0.3) is 5.89 Å². The molecule has 0 aliphatic rings. The maximum absolute atomic E-state index is 12.4. The minimum absolute atomic E-state index is 0.0166. The van der Waals surface area contributed by atoms with Gasteiger partial charge in [0.1, 0.15) is 5.69 Å². The van der Waals surface area contributed by atoms with Gasteiger partial charge in [-0.05, 0) is 44.5 Å². The van der Waals surface area contributed by atoms with Crippen molar-refractivity contribution in [1.82, 2.24) is 15.1 Å². The van der Waals surface area contributed by atoms with E-state index in [1.807, 2.05) is 0 Å². The maximum Gasteiger partial charge on any atom is 0.387 e. The van der Waals surface area contributed by atoms with E-state index in [4.69, 9.17) is 14.0 Å². The smallest absolute Gasteiger partial charge is 0.387 e. The van der Waals surface area contributed by atoms with E-state index in [1.165, 1.54) is 32.2 Å². The average Bonchev–Trinajstić information content (AvgIpc) is 3.30. The third kappa shape index (κ3) is 4.71. The monoisotopic (exact) mass is 435 g/mol. The van der Waals surface area contributed by atoms with Crippen LogP contribution in [0.5, 0.6) is 11.5 Å². The number of ether oxygens (including phenoxy) is 3. The van der Waals surface area contributed by atoms with E-state index in [-0.39, 0.29) is 41.3 Å². The Morgan fingerprint density at radius 3 is 2.58 bits per heavy atom. The van der Waals surface area contributed by atoms with Crippen LogP contribution in [0.25, 0.3) is 11.4 Å². The quantitative estimate of drug-likeness (QED) is 0.419. The SMILES string of the molecule is COc1cc(-c2noc(COC(=O)c3[nH]c(C)c(C(C)=O)c3C)n2)ccc1OC(F)F. The van der Waals surface area contributed by atoms with Gasteiger partial charge in [-0.2, -0.15) is 13.8 Å². The Morgan fingerprint density at radius 1 is 1.23 bits per heavy atom. The third-order valence-electron chi connectivity index (χ3n) is 4.43. The average molecular weight is 435 g/mol. The molecule has 31 heavy (non-hydrogen) atoms. The highest BCUT2D eigenvalue weighted by Crippen LogP contribution is 2.32. The van der Waals surface area contributed by atoms with Crippen molar-refractivity contribution < 1.29 is 37.1 Å². The molecule has 0 spiro atoms. The number of nitrogens with zero attached hydrogens (tertiary/aromatic N) is 2. The molecule has 164 valence electrons. The van der Waals surface area contributed by atoms with Gasteiger partial charge in [-0.25, -0.2) is 4.79 Å². The van der Waals surface area contributed by atoms with E-state index in [0.717, 1.165) is 0 Å². The zero-order valence-corrected chi connectivity index (χ0v) is 17.1. The fourth-order valence-corrected chi connectivity index (χ4v) is 3.11. The number of hydrogen-bond donors (Lipinski definition) is 1. The number of benzene rings is 1. The van der Waals surface area contributed by atoms with E-state index >= 15 is 0 Å². The molecule has 0 aliphatic carbocycles. The molecule has 0 aliphatic heterocycles. The summed E-state index contributed by atoms with van der Waals surface area (Å²) >= 11 is 0. The molecule has 0 unspecified atom stereocenters. The number of aromatic amines is 1. The highest BCUT2D eigenvalue weighted by Gasteiger charge is 2.22. The summed E-state index contributed by atoms with van der Waals surface area (Å²) in [5.74, 6) is -0.758. The van der Waals surface area contributed by atoms with Crippen LogP contribution in [0.1, 0.15) is 44.9 Å². The Labute approximate surface area is 175 Å². The molecule has 2 heterocycles. The fourth-order valence-electron chi connectivity index (χ4n) is 3.11. The number of carbonyl (C=O) groups is 2. The molecule has 0 saturated heterocycles. The molecule has 3 aromatic rings. The second-order valence-electron chi connectivity index (χ2n) is 6.51. The van der Waals surface area contributed by atoms with E-state index in [1.54, 1.807) is 13.8 Å². The Balaban J connectivity index is 1.71. The van der Waals surface area contributed by atoms with Crippen molar-refractivity contribution in [2.24, 2.45) is 0 Å². The third-order valence-corrected chi connectivity index (χ3v) is 4.43. The minimum Gasteiger partial charge on any atom is -0.493 e. The van der Waals surface area contributed by atoms with Gasteiger partial charge < -0.3 is 23.7 Å². The summed E-state index contributed by atoms with van der Waals surface area (Å²) in [4.78, 5) is 31.0. The van der Waals surface area contributed by atoms with Crippen LogP contribution in [0.3, 0.4) is 0 Å². The zero-order valence-electron chi connectivity index (χ0n) is 17.1. The van der Waals surface area contributed by atoms with Gasteiger partial charge in [0.2, 0.25) is 5.82 Å². The minimum atomic E-state index is -3.00. The van der Waals surface area contributed by atoms with Gasteiger partial charge in [-0.3, -0.25) is 4.79 Å². The van der Waals surface area contributed by atoms with Crippen molar-refractivity contribution in [1.29, 1.82) is 0 Å². The topological polar surface area (TPSA) is 117 Å². The maximum atomic E-state index is 12.4. The van der Waals surface area contributed by atoms with Crippen LogP contribution in [0, 0.1) is 13.8 Å². The summed E-state index contributed by atoms with van der Waals surface area (Å²) in [7, 11) is 1.31. The lowest BCUT2D eigenvalue weighted by atomic mass is 10.1. The van der Waals surface area contributed by atoms with Gasteiger partial charge in [-0.15, -0.1) is 0 Å². The normalized spacial score (nSPS) is 10.9. The number of H-pyrrole nitrogens is 1. The first-order valence-electron chi connectivity index (χ1n) is 9.04. The number of esters is 1. The number of carbonyl (C=O) groups excluding carboxylic acids is 2. The van der Waals surface area contributed by atoms with Crippen molar-refractivity contribution in [2.45, 2.75) is 34.0 Å². The Bertz CT molecular complexity index is 1120. The number of hydrogen-bond acceptors (Lipinski definition) is 8. The predicted molar refractivity (Wildman–Crippen MR) is 102 cm³/mol. The Kier molecular flexibility index (Phi) is 6.33. The molecule has 0 radical (unpaired) electrons. The fraction of sp³-hybridized carbons (Fsp3) is 0.300. The second kappa shape index (κ2) is 8.94. The van der Waals surface area contributed by atoms with Gasteiger partial charge >= 0.3 is 12.6 Å². The van der Waals surface area contributed by atoms with Crippen LogP contribution in [-0.4, -0.2) is 40.6 Å². The second-order valence-corrected chi connectivity index (χ2v) is 6.51. The van der Waals surface area contributed by atoms with Crippen LogP contribution in [0.2, 0.25) is 0 Å². The van der Waals surface area contributed by atoms with Crippen LogP contribution < -0.4 is 9.47 Å². The molecule has 0 fully saturated rings. The molecule has 0 bridgehead atoms. The van der Waals surface area contributed by atoms with Crippen LogP contribution in [-0.2, 0) is 11.3 Å². The number of methoxy groups -OCH3 is 1. The van der Waals surface area contributed by atoms with Crippen LogP contribution in [0.4, 0.5) is 8.78 Å². The molecular weight excluding hydrogens is 416 g/mol. The number of alkyl halides is 2. The lowest BCUT2D eigenvalue weighted by Gasteiger charge is -2.10. The number of Topliss-reactive ketones (excluding diaryl/α,β-unsaturated/α-hetero) is 1. The van der Waals surface area contributed by atoms with Gasteiger partial charge in [0, 0.05) is 16.8 Å². The summed E-state index contributed by atoms with van der Waals surface area (Å²) in [6.45, 7) is 1.46. The zero-order chi connectivity index (χ0) is 22.7. The van der Waals surface area contributed by atoms with Crippen LogP contribution >= 0.6 is 0 Å². The van der Waals surface area contributed by atoms with E-state index < -0.39 is 12.6 Å². The molecule has 0 amide bonds. The number of rotatable bonds is 8. The highest BCUT2D eigenvalue weighted by atomic mass is 19.3. The molecular formula is C20H19F2N3O6. The molecule has 1 N–H and O–H groups in total. The molecule has 2 aromatic heterocycles. The van der Waals surface area contributed by atoms with E-state index in [2.05, 4.69) is 19.9 Å². The Morgan fingerprint density at radius 2 is 1.97 bits per heavy atom. The predicted octanol–water partition coefficient (Wildman–Crippen LogP) is 3.85. The molecule has 9 nitrogen and oxygen atoms in total. The molecule has 0 saturated carbocycles. The summed E-state index contributed by atoms with van der Waals surface area (Å²) in [6.07, 6.45) is 0. The Hall–Kier alpha value is -3.76. The molecule has 1 aromatic carbocycles. The van der Waals surface area contributed by atoms with Gasteiger partial charge in [-0.1, -0.05) is 5.16 Å². The lowest BCUT2D eigenvalue weighted by molar-refractivity contribution is -0.0512. The summed E-state index contributed by atoms with van der Waals surface area (Å²) in [5.41, 5.74) is 2.11. The number of nitrogens with one attached hydrogen (secondary N) is 1. The van der Waals surface area contributed by atoms with Crippen molar-refractivity contribution in [3.63, 3.8) is 0 Å². The van der Waals surface area contributed by atoms with Gasteiger partial charge in [0.15, 0.2) is 23.9 Å². The number of ketones is 1. The summed E-state index contributed by atoms with van der Waals surface area (Å²) < 4.78 is 44.6. The molecule has 11 heteroatoms. The first kappa shape index (κ1) is 21.9. The molecule has 3 rings (SSSR count). The first-order chi connectivity index (χ1) is 14.7. The van der Waals surface area contributed by atoms with E-state index in [0.29, 0.717) is 22.4 Å². The number of halogens is 2. The number of aromatic nitrogens is 3. The van der Waals surface area contributed by atoms with Crippen molar-refractivity contribution in [2.75, 3.05) is 7.11 Å². The standard InChI is InChI=1S/C20H19F2N3O6/c1-9-16(11(3)26)10(2)23-17(9)19(27)29-8-15-24-18(25-31-15)12-5-6-13(30-20(21)22)14(7-12)28-4/h5-7,20,23H,8H2,1-4H3. The first-order valence-corrected chi connectivity index (χ1v) is 9.04. The van der Waals surface area contributed by atoms with Crippen LogP contribution in [0.15, 0.2) is 22.7 Å². The van der Waals surface area contributed by atoms with E-state index in [9.17, 15) is 18.4 Å². The lowest BCUT2D eigenvalue weighted by Crippen LogP contribution is -2.08. The summed E-state index contributed by atoms with van der Waals surface area (Å²) in [6, 6.07) is 4.15. The van der Waals surface area contributed by atoms with Crippen molar-refractivity contribution in [3.05, 3.63) is 46.6 Å². The van der Waals surface area contributed by atoms with Crippen molar-refractivity contribution in [3.8, 4) is 22.9 Å². The number of aryl methyl sites for hydroxylation is 1. The highest BCUT2D eigenvalue weighted by molar-refractivity contribution is 6.01. The van der Waals surface area contributed by atoms with Gasteiger partial charge in [0.05, 0.1) is 7.11 Å². The van der Waals surface area contributed by atoms with Crippen molar-refractivity contribution >= 4 is 11.8 Å². The summed E-state index contributed by atoms with van der Waals surface area (Å²) in [5, 5.41) is 3.79. The largest absolute Gasteiger partial charge is 0.493 e. The molecule has 0 atom stereocenters.